The predicted molar refractivity (Wildman–Crippen MR) is 93.4 cm³/mol. The van der Waals surface area contributed by atoms with Crippen LogP contribution in [0.1, 0.15) is 27.9 Å². The molecule has 3 aromatic rings. The third-order valence-corrected chi connectivity index (χ3v) is 4.90. The predicted octanol–water partition coefficient (Wildman–Crippen LogP) is 4.18. The summed E-state index contributed by atoms with van der Waals surface area (Å²) in [6, 6.07) is 11.2. The highest BCUT2D eigenvalue weighted by Gasteiger charge is 2.19. The number of nitriles is 1. The van der Waals surface area contributed by atoms with E-state index in [9.17, 15) is 4.79 Å². The highest BCUT2D eigenvalue weighted by Crippen LogP contribution is 2.29. The van der Waals surface area contributed by atoms with Gasteiger partial charge in [-0.05, 0) is 37.6 Å². The Balaban J connectivity index is 1.91. The van der Waals surface area contributed by atoms with Crippen molar-refractivity contribution in [2.45, 2.75) is 26.5 Å². The molecular formula is C17H14ClN3O2S. The molecule has 0 spiro atoms. The number of thiophene rings is 1. The van der Waals surface area contributed by atoms with Crippen molar-refractivity contribution >= 4 is 39.1 Å². The van der Waals surface area contributed by atoms with E-state index in [-0.39, 0.29) is 0 Å². The number of esters is 1. The van der Waals surface area contributed by atoms with E-state index >= 15 is 0 Å². The second kappa shape index (κ2) is 6.63. The van der Waals surface area contributed by atoms with Gasteiger partial charge in [0.05, 0.1) is 12.2 Å². The van der Waals surface area contributed by atoms with Gasteiger partial charge in [-0.15, -0.1) is 11.3 Å². The topological polar surface area (TPSA) is 67.9 Å². The summed E-state index contributed by atoms with van der Waals surface area (Å²) in [5.41, 5.74) is 1.92. The zero-order valence-electron chi connectivity index (χ0n) is 13.1. The monoisotopic (exact) mass is 359 g/mol. The summed E-state index contributed by atoms with van der Waals surface area (Å²) >= 11 is 7.23. The fourth-order valence-corrected chi connectivity index (χ4v) is 3.50. The Kier molecular flexibility index (Phi) is 4.56. The van der Waals surface area contributed by atoms with Crippen LogP contribution in [0.3, 0.4) is 0 Å². The average molecular weight is 360 g/mol. The van der Waals surface area contributed by atoms with Crippen molar-refractivity contribution in [3.63, 3.8) is 0 Å². The van der Waals surface area contributed by atoms with E-state index in [1.807, 2.05) is 41.9 Å². The lowest BCUT2D eigenvalue weighted by molar-refractivity contribution is 0.0441. The summed E-state index contributed by atoms with van der Waals surface area (Å²) in [6.07, 6.45) is -0.769. The van der Waals surface area contributed by atoms with E-state index in [0.29, 0.717) is 16.4 Å². The minimum absolute atomic E-state index is 0.470. The molecule has 2 aromatic heterocycles. The zero-order chi connectivity index (χ0) is 17.3. The van der Waals surface area contributed by atoms with Gasteiger partial charge < -0.3 is 4.74 Å². The molecule has 0 aliphatic carbocycles. The number of aromatic nitrogens is 2. The van der Waals surface area contributed by atoms with Crippen LogP contribution in [-0.2, 0) is 11.3 Å². The van der Waals surface area contributed by atoms with Crippen LogP contribution in [0.4, 0.5) is 0 Å². The summed E-state index contributed by atoms with van der Waals surface area (Å²) in [5.74, 6) is -0.484. The maximum Gasteiger partial charge on any atom is 0.349 e. The highest BCUT2D eigenvalue weighted by atomic mass is 35.5. The van der Waals surface area contributed by atoms with Crippen LogP contribution >= 0.6 is 22.9 Å². The van der Waals surface area contributed by atoms with Gasteiger partial charge in [-0.25, -0.2) is 4.79 Å². The zero-order valence-corrected chi connectivity index (χ0v) is 14.7. The molecule has 0 saturated carbocycles. The number of hydrogen-bond donors (Lipinski definition) is 0. The van der Waals surface area contributed by atoms with Gasteiger partial charge >= 0.3 is 5.97 Å². The first-order chi connectivity index (χ1) is 11.5. The number of halogens is 1. The van der Waals surface area contributed by atoms with E-state index in [1.165, 1.54) is 11.3 Å². The number of fused-ring (bicyclic) bond motifs is 1. The van der Waals surface area contributed by atoms with Crippen LogP contribution in [-0.4, -0.2) is 21.9 Å². The number of nitrogens with zero attached hydrogens (tertiary/aromatic N) is 3. The van der Waals surface area contributed by atoms with E-state index in [4.69, 9.17) is 21.6 Å². The molecule has 0 saturated heterocycles. The van der Waals surface area contributed by atoms with Crippen molar-refractivity contribution in [2.24, 2.45) is 0 Å². The Morgan fingerprint density at radius 3 is 2.83 bits per heavy atom. The van der Waals surface area contributed by atoms with Crippen molar-refractivity contribution in [3.8, 4) is 6.07 Å². The quantitative estimate of drug-likeness (QED) is 0.655. The van der Waals surface area contributed by atoms with Crippen molar-refractivity contribution in [2.75, 3.05) is 0 Å². The summed E-state index contributed by atoms with van der Waals surface area (Å²) < 4.78 is 6.93. The maximum absolute atomic E-state index is 12.1. The van der Waals surface area contributed by atoms with Crippen molar-refractivity contribution < 1.29 is 9.53 Å². The second-order valence-corrected chi connectivity index (χ2v) is 6.84. The molecular weight excluding hydrogens is 346 g/mol. The first kappa shape index (κ1) is 16.5. The van der Waals surface area contributed by atoms with Crippen LogP contribution in [0.25, 0.3) is 10.2 Å². The third kappa shape index (κ3) is 3.28. The largest absolute Gasteiger partial charge is 0.443 e. The minimum Gasteiger partial charge on any atom is -0.443 e. The number of carbonyl (C=O) groups excluding carboxylic acids is 1. The van der Waals surface area contributed by atoms with Crippen molar-refractivity contribution in [3.05, 3.63) is 51.5 Å². The number of aryl methyl sites for hydroxylation is 1. The van der Waals surface area contributed by atoms with Gasteiger partial charge in [-0.1, -0.05) is 23.7 Å². The molecule has 5 nitrogen and oxygen atoms in total. The molecule has 0 radical (unpaired) electrons. The molecule has 7 heteroatoms. The smallest absolute Gasteiger partial charge is 0.349 e. The molecule has 24 heavy (non-hydrogen) atoms. The first-order valence-electron chi connectivity index (χ1n) is 7.30. The van der Waals surface area contributed by atoms with E-state index < -0.39 is 12.1 Å². The Bertz CT molecular complexity index is 937. The van der Waals surface area contributed by atoms with Crippen molar-refractivity contribution in [1.82, 2.24) is 9.78 Å². The van der Waals surface area contributed by atoms with E-state index in [1.54, 1.807) is 13.0 Å². The lowest BCUT2D eigenvalue weighted by Crippen LogP contribution is -2.11. The Hall–Kier alpha value is -2.36. The second-order valence-electron chi connectivity index (χ2n) is 5.38. The van der Waals surface area contributed by atoms with E-state index in [2.05, 4.69) is 5.10 Å². The van der Waals surface area contributed by atoms with Crippen LogP contribution in [0.2, 0.25) is 5.02 Å². The molecule has 0 amide bonds. The van der Waals surface area contributed by atoms with Crippen LogP contribution in [0.5, 0.6) is 0 Å². The SMILES string of the molecule is Cc1nn(Cc2ccc(Cl)cc2)c2sc(C(=O)O[C@H](C)C#N)cc12. The van der Waals surface area contributed by atoms with Gasteiger partial charge in [0.15, 0.2) is 6.10 Å². The molecule has 0 N–H and O–H groups in total. The van der Waals surface area contributed by atoms with Gasteiger partial charge in [-0.3, -0.25) is 4.68 Å². The number of ether oxygens (including phenoxy) is 1. The average Bonchev–Trinajstić information content (AvgIpc) is 3.11. The lowest BCUT2D eigenvalue weighted by Gasteiger charge is -2.04. The summed E-state index contributed by atoms with van der Waals surface area (Å²) in [4.78, 5) is 13.5. The number of rotatable bonds is 4. The summed E-state index contributed by atoms with van der Waals surface area (Å²) in [6.45, 7) is 4.03. The highest BCUT2D eigenvalue weighted by molar-refractivity contribution is 7.20. The maximum atomic E-state index is 12.1. The first-order valence-corrected chi connectivity index (χ1v) is 8.49. The van der Waals surface area contributed by atoms with Crippen molar-refractivity contribution in [1.29, 1.82) is 5.26 Å². The number of hydrogen-bond acceptors (Lipinski definition) is 5. The number of carbonyl (C=O) groups is 1. The molecule has 0 aliphatic rings. The molecule has 2 heterocycles. The molecule has 0 aliphatic heterocycles. The van der Waals surface area contributed by atoms with Gasteiger partial charge in [0.25, 0.3) is 0 Å². The van der Waals surface area contributed by atoms with Gasteiger partial charge in [0.1, 0.15) is 15.8 Å². The fraction of sp³-hybridized carbons (Fsp3) is 0.235. The molecule has 0 bridgehead atoms. The van der Waals surface area contributed by atoms with E-state index in [0.717, 1.165) is 21.5 Å². The minimum atomic E-state index is -0.769. The normalized spacial score (nSPS) is 12.1. The lowest BCUT2D eigenvalue weighted by atomic mass is 10.2. The Labute approximate surface area is 148 Å². The Morgan fingerprint density at radius 2 is 2.17 bits per heavy atom. The standard InChI is InChI=1S/C17H14ClN3O2S/c1-10(8-19)23-17(22)15-7-14-11(2)20-21(16(14)24-15)9-12-3-5-13(18)6-4-12/h3-7,10H,9H2,1-2H3/t10-/m1/s1. The summed E-state index contributed by atoms with van der Waals surface area (Å²) in [7, 11) is 0. The number of benzene rings is 1. The van der Waals surface area contributed by atoms with Crippen LogP contribution < -0.4 is 0 Å². The van der Waals surface area contributed by atoms with Crippen LogP contribution in [0, 0.1) is 18.3 Å². The third-order valence-electron chi connectivity index (χ3n) is 3.52. The van der Waals surface area contributed by atoms with Gasteiger partial charge in [-0.2, -0.15) is 10.4 Å². The molecule has 1 atom stereocenters. The molecule has 122 valence electrons. The summed E-state index contributed by atoms with van der Waals surface area (Å²) in [5, 5.41) is 14.9. The molecule has 0 fully saturated rings. The van der Waals surface area contributed by atoms with Crippen LogP contribution in [0.15, 0.2) is 30.3 Å². The molecule has 0 unspecified atom stereocenters. The Morgan fingerprint density at radius 1 is 1.46 bits per heavy atom. The van der Waals surface area contributed by atoms with Gasteiger partial charge in [0, 0.05) is 10.4 Å². The van der Waals surface area contributed by atoms with Gasteiger partial charge in [0.2, 0.25) is 0 Å². The molecule has 3 rings (SSSR count). The molecule has 1 aromatic carbocycles. The fourth-order valence-electron chi connectivity index (χ4n) is 2.33.